The Morgan fingerprint density at radius 2 is 2.00 bits per heavy atom. The summed E-state index contributed by atoms with van der Waals surface area (Å²) in [7, 11) is 0. The number of benzene rings is 2. The van der Waals surface area contributed by atoms with Gasteiger partial charge in [-0.25, -0.2) is 9.18 Å². The molecule has 128 valence electrons. The molecule has 0 bridgehead atoms. The molecular formula is C17H11ClFIN2O3. The van der Waals surface area contributed by atoms with E-state index < -0.39 is 17.8 Å². The lowest BCUT2D eigenvalue weighted by Crippen LogP contribution is -2.30. The summed E-state index contributed by atoms with van der Waals surface area (Å²) in [6.07, 6.45) is 1.34. The highest BCUT2D eigenvalue weighted by Crippen LogP contribution is 2.30. The molecule has 1 aliphatic rings. The summed E-state index contributed by atoms with van der Waals surface area (Å²) in [5, 5.41) is 12.9. The number of rotatable bonds is 3. The van der Waals surface area contributed by atoms with Gasteiger partial charge in [0.2, 0.25) is 0 Å². The highest BCUT2D eigenvalue weighted by molar-refractivity contribution is 14.1. The van der Waals surface area contributed by atoms with Gasteiger partial charge in [0, 0.05) is 16.1 Å². The quantitative estimate of drug-likeness (QED) is 0.405. The smallest absolute Gasteiger partial charge is 0.329 e. The molecule has 1 aliphatic heterocycles. The summed E-state index contributed by atoms with van der Waals surface area (Å²) in [6, 6.07) is 8.30. The van der Waals surface area contributed by atoms with E-state index in [1.54, 1.807) is 12.1 Å². The van der Waals surface area contributed by atoms with Crippen LogP contribution in [0.5, 0.6) is 5.75 Å². The van der Waals surface area contributed by atoms with Gasteiger partial charge in [0.15, 0.2) is 0 Å². The van der Waals surface area contributed by atoms with Crippen molar-refractivity contribution in [2.45, 2.75) is 6.54 Å². The summed E-state index contributed by atoms with van der Waals surface area (Å²) in [5.41, 5.74) is 0.510. The molecule has 1 saturated heterocycles. The van der Waals surface area contributed by atoms with Crippen LogP contribution >= 0.6 is 34.2 Å². The Kier molecular flexibility index (Phi) is 4.96. The monoisotopic (exact) mass is 472 g/mol. The van der Waals surface area contributed by atoms with Crippen molar-refractivity contribution in [1.29, 1.82) is 0 Å². The molecule has 25 heavy (non-hydrogen) atoms. The molecule has 0 atom stereocenters. The number of imide groups is 1. The average Bonchev–Trinajstić information content (AvgIpc) is 2.81. The zero-order chi connectivity index (χ0) is 18.1. The Morgan fingerprint density at radius 3 is 2.72 bits per heavy atom. The second kappa shape index (κ2) is 7.01. The number of nitrogens with zero attached hydrogens (tertiary/aromatic N) is 1. The van der Waals surface area contributed by atoms with Crippen molar-refractivity contribution in [1.82, 2.24) is 10.2 Å². The van der Waals surface area contributed by atoms with Crippen LogP contribution < -0.4 is 5.32 Å². The molecule has 3 rings (SSSR count). The fourth-order valence-electron chi connectivity index (χ4n) is 2.36. The third-order valence-electron chi connectivity index (χ3n) is 3.61. The molecule has 1 heterocycles. The second-order valence-corrected chi connectivity index (χ2v) is 6.89. The van der Waals surface area contributed by atoms with E-state index in [9.17, 15) is 19.1 Å². The van der Waals surface area contributed by atoms with Gasteiger partial charge in [-0.2, -0.15) is 0 Å². The Hall–Kier alpha value is -2.13. The fourth-order valence-corrected chi connectivity index (χ4v) is 3.42. The van der Waals surface area contributed by atoms with E-state index in [1.165, 1.54) is 30.3 Å². The van der Waals surface area contributed by atoms with Gasteiger partial charge in [0.05, 0.1) is 10.1 Å². The molecule has 0 spiro atoms. The number of hydrogen-bond donors (Lipinski definition) is 2. The fraction of sp³-hybridized carbons (Fsp3) is 0.0588. The van der Waals surface area contributed by atoms with Crippen molar-refractivity contribution in [2.24, 2.45) is 0 Å². The van der Waals surface area contributed by atoms with Gasteiger partial charge in [-0.15, -0.1) is 0 Å². The number of carbonyl (C=O) groups excluding carboxylic acids is 2. The zero-order valence-corrected chi connectivity index (χ0v) is 15.5. The van der Waals surface area contributed by atoms with Gasteiger partial charge in [-0.1, -0.05) is 29.8 Å². The van der Waals surface area contributed by atoms with Crippen molar-refractivity contribution in [3.8, 4) is 5.75 Å². The van der Waals surface area contributed by atoms with Crippen LogP contribution in [-0.2, 0) is 11.3 Å². The van der Waals surface area contributed by atoms with Crippen LogP contribution in [0.3, 0.4) is 0 Å². The maximum Gasteiger partial charge on any atom is 0.329 e. The first kappa shape index (κ1) is 17.7. The number of nitrogens with one attached hydrogen (secondary N) is 1. The molecule has 2 N–H and O–H groups in total. The molecule has 8 heteroatoms. The van der Waals surface area contributed by atoms with Crippen LogP contribution in [0.2, 0.25) is 5.02 Å². The van der Waals surface area contributed by atoms with Crippen molar-refractivity contribution >= 4 is 52.2 Å². The normalized spacial score (nSPS) is 15.8. The summed E-state index contributed by atoms with van der Waals surface area (Å²) in [6.45, 7) is -0.187. The summed E-state index contributed by atoms with van der Waals surface area (Å²) in [5.74, 6) is -1.16. The van der Waals surface area contributed by atoms with E-state index in [4.69, 9.17) is 11.6 Å². The van der Waals surface area contributed by atoms with Crippen molar-refractivity contribution in [2.75, 3.05) is 0 Å². The highest BCUT2D eigenvalue weighted by atomic mass is 127. The van der Waals surface area contributed by atoms with Crippen LogP contribution in [0.15, 0.2) is 42.1 Å². The lowest BCUT2D eigenvalue weighted by atomic mass is 10.1. The van der Waals surface area contributed by atoms with Crippen LogP contribution in [0, 0.1) is 9.39 Å². The van der Waals surface area contributed by atoms with E-state index in [2.05, 4.69) is 5.32 Å². The molecule has 0 aromatic heterocycles. The molecule has 0 radical (unpaired) electrons. The lowest BCUT2D eigenvalue weighted by molar-refractivity contribution is -0.123. The molecule has 0 saturated carbocycles. The maximum absolute atomic E-state index is 13.8. The molecule has 5 nitrogen and oxygen atoms in total. The van der Waals surface area contributed by atoms with Gasteiger partial charge in [0.1, 0.15) is 17.3 Å². The number of carbonyl (C=O) groups is 2. The first-order chi connectivity index (χ1) is 11.9. The van der Waals surface area contributed by atoms with E-state index in [1.807, 2.05) is 22.6 Å². The van der Waals surface area contributed by atoms with Crippen LogP contribution in [-0.4, -0.2) is 21.9 Å². The Morgan fingerprint density at radius 1 is 1.28 bits per heavy atom. The summed E-state index contributed by atoms with van der Waals surface area (Å²) >= 11 is 7.86. The maximum atomic E-state index is 13.8. The highest BCUT2D eigenvalue weighted by Gasteiger charge is 2.34. The Labute approximate surface area is 161 Å². The minimum Gasteiger partial charge on any atom is -0.506 e. The first-order valence-electron chi connectivity index (χ1n) is 7.13. The SMILES string of the molecule is O=C1N/C(=C/c2cc(Cl)cc(I)c2O)C(=O)N1Cc1ccccc1F. The Balaban J connectivity index is 1.90. The van der Waals surface area contributed by atoms with Crippen molar-refractivity contribution in [3.05, 3.63) is 67.6 Å². The number of phenols is 1. The molecule has 3 amide bonds. The third kappa shape index (κ3) is 3.62. The van der Waals surface area contributed by atoms with Gasteiger partial charge in [-0.3, -0.25) is 9.69 Å². The summed E-state index contributed by atoms with van der Waals surface area (Å²) in [4.78, 5) is 25.4. The number of urea groups is 1. The van der Waals surface area contributed by atoms with Crippen LogP contribution in [0.25, 0.3) is 6.08 Å². The minimum absolute atomic E-state index is 0.0188. The van der Waals surface area contributed by atoms with Gasteiger partial charge in [0.25, 0.3) is 5.91 Å². The molecule has 2 aromatic rings. The average molecular weight is 473 g/mol. The topological polar surface area (TPSA) is 69.6 Å². The van der Waals surface area contributed by atoms with E-state index in [0.29, 0.717) is 14.2 Å². The van der Waals surface area contributed by atoms with Crippen molar-refractivity contribution < 1.29 is 19.1 Å². The minimum atomic E-state index is -0.657. The summed E-state index contributed by atoms with van der Waals surface area (Å²) < 4.78 is 14.3. The molecule has 2 aromatic carbocycles. The predicted molar refractivity (Wildman–Crippen MR) is 99.3 cm³/mol. The van der Waals surface area contributed by atoms with Gasteiger partial charge >= 0.3 is 6.03 Å². The predicted octanol–water partition coefficient (Wildman–Crippen LogP) is 3.88. The van der Waals surface area contributed by atoms with Crippen LogP contribution in [0.4, 0.5) is 9.18 Å². The Bertz CT molecular complexity index is 917. The van der Waals surface area contributed by atoms with Gasteiger partial charge < -0.3 is 10.4 Å². The first-order valence-corrected chi connectivity index (χ1v) is 8.58. The number of halogens is 3. The zero-order valence-electron chi connectivity index (χ0n) is 12.6. The standard InChI is InChI=1S/C17H11ClFIN2O3/c18-11-5-10(15(23)13(20)7-11)6-14-16(24)22(17(25)21-14)8-9-3-1-2-4-12(9)19/h1-7,23H,8H2,(H,21,25)/b14-6+. The van der Waals surface area contributed by atoms with Gasteiger partial charge in [-0.05, 0) is 46.9 Å². The third-order valence-corrected chi connectivity index (χ3v) is 4.65. The lowest BCUT2D eigenvalue weighted by Gasteiger charge is -2.12. The number of amides is 3. The number of phenolic OH excluding ortho intramolecular Hbond substituents is 1. The van der Waals surface area contributed by atoms with E-state index in [-0.39, 0.29) is 23.6 Å². The molecule has 0 aliphatic carbocycles. The number of hydrogen-bond acceptors (Lipinski definition) is 3. The second-order valence-electron chi connectivity index (χ2n) is 5.30. The molecule has 0 unspecified atom stereocenters. The molecule has 1 fully saturated rings. The number of aromatic hydroxyl groups is 1. The van der Waals surface area contributed by atoms with E-state index in [0.717, 1.165) is 4.90 Å². The largest absolute Gasteiger partial charge is 0.506 e. The van der Waals surface area contributed by atoms with Crippen molar-refractivity contribution in [3.63, 3.8) is 0 Å². The van der Waals surface area contributed by atoms with Crippen LogP contribution in [0.1, 0.15) is 11.1 Å². The molecular weight excluding hydrogens is 462 g/mol. The van der Waals surface area contributed by atoms with E-state index >= 15 is 0 Å².